The third-order valence-corrected chi connectivity index (χ3v) is 2.83. The normalized spacial score (nSPS) is 11.8. The van der Waals surface area contributed by atoms with Crippen molar-refractivity contribution in [2.75, 3.05) is 19.6 Å². The molecule has 1 aromatic rings. The molecule has 1 aromatic heterocycles. The van der Waals surface area contributed by atoms with E-state index in [0.717, 1.165) is 24.8 Å². The maximum Gasteiger partial charge on any atom is 0.360 e. The minimum Gasteiger partial charge on any atom is -0.445 e. The van der Waals surface area contributed by atoms with Gasteiger partial charge in [-0.2, -0.15) is 8.75 Å². The molecular weight excluding hydrogens is 250 g/mol. The first-order valence-corrected chi connectivity index (χ1v) is 6.59. The van der Waals surface area contributed by atoms with Crippen LogP contribution in [0.4, 0.5) is 0 Å². The standard InChI is InChI=1S/C12H17N3O2S/c1-4-15(5-2)8-6-7-10(3)17-12(16)11-9-13-18-14-11/h9-10H,4-5,8H2,1-3H3. The van der Waals surface area contributed by atoms with E-state index in [1.165, 1.54) is 6.20 Å². The summed E-state index contributed by atoms with van der Waals surface area (Å²) in [6, 6.07) is 0. The van der Waals surface area contributed by atoms with E-state index in [1.54, 1.807) is 6.92 Å². The van der Waals surface area contributed by atoms with E-state index in [-0.39, 0.29) is 5.69 Å². The first-order valence-electron chi connectivity index (χ1n) is 5.86. The number of nitrogens with zero attached hydrogens (tertiary/aromatic N) is 3. The fourth-order valence-corrected chi connectivity index (χ4v) is 1.66. The summed E-state index contributed by atoms with van der Waals surface area (Å²) in [6.45, 7) is 8.53. The molecule has 98 valence electrons. The number of hydrogen-bond donors (Lipinski definition) is 0. The van der Waals surface area contributed by atoms with Crippen LogP contribution in [0.25, 0.3) is 0 Å². The molecule has 0 spiro atoms. The molecule has 6 heteroatoms. The highest BCUT2D eigenvalue weighted by Gasteiger charge is 2.12. The van der Waals surface area contributed by atoms with Crippen LogP contribution in [0.1, 0.15) is 31.3 Å². The Morgan fingerprint density at radius 3 is 2.83 bits per heavy atom. The minimum absolute atomic E-state index is 0.234. The predicted molar refractivity (Wildman–Crippen MR) is 70.4 cm³/mol. The zero-order valence-electron chi connectivity index (χ0n) is 10.8. The zero-order valence-corrected chi connectivity index (χ0v) is 11.7. The van der Waals surface area contributed by atoms with Gasteiger partial charge in [-0.25, -0.2) is 4.79 Å². The molecule has 5 nitrogen and oxygen atoms in total. The molecule has 0 aromatic carbocycles. The van der Waals surface area contributed by atoms with E-state index in [9.17, 15) is 4.79 Å². The summed E-state index contributed by atoms with van der Waals surface area (Å²) >= 11 is 0.979. The molecule has 0 fully saturated rings. The van der Waals surface area contributed by atoms with Crippen molar-refractivity contribution in [3.05, 3.63) is 11.9 Å². The second-order valence-electron chi connectivity index (χ2n) is 3.62. The lowest BCUT2D eigenvalue weighted by Gasteiger charge is -2.13. The molecular formula is C12H17N3O2S. The first-order chi connectivity index (χ1) is 8.67. The average Bonchev–Trinajstić information content (AvgIpc) is 2.88. The SMILES string of the molecule is CCN(CC)CC#CC(C)OC(=O)c1cnsn1. The molecule has 0 saturated carbocycles. The molecule has 0 bridgehead atoms. The monoisotopic (exact) mass is 267 g/mol. The van der Waals surface area contributed by atoms with Crippen molar-refractivity contribution in [1.29, 1.82) is 0 Å². The molecule has 0 aliphatic rings. The number of hydrogen-bond acceptors (Lipinski definition) is 6. The van der Waals surface area contributed by atoms with E-state index >= 15 is 0 Å². The van der Waals surface area contributed by atoms with Crippen LogP contribution in [0.15, 0.2) is 6.20 Å². The Balaban J connectivity index is 2.40. The van der Waals surface area contributed by atoms with Crippen molar-refractivity contribution in [1.82, 2.24) is 13.6 Å². The van der Waals surface area contributed by atoms with Gasteiger partial charge in [0.25, 0.3) is 0 Å². The van der Waals surface area contributed by atoms with Crippen molar-refractivity contribution in [3.8, 4) is 11.8 Å². The Hall–Kier alpha value is -1.45. The highest BCUT2D eigenvalue weighted by molar-refractivity contribution is 6.99. The van der Waals surface area contributed by atoms with Crippen molar-refractivity contribution in [3.63, 3.8) is 0 Å². The number of carbonyl (C=O) groups excluding carboxylic acids is 1. The Labute approximate surface area is 111 Å². The maximum absolute atomic E-state index is 11.5. The van der Waals surface area contributed by atoms with Crippen LogP contribution < -0.4 is 0 Å². The fourth-order valence-electron chi connectivity index (χ4n) is 1.25. The third-order valence-electron chi connectivity index (χ3n) is 2.36. The summed E-state index contributed by atoms with van der Waals surface area (Å²) in [6.07, 6.45) is 0.957. The summed E-state index contributed by atoms with van der Waals surface area (Å²) in [4.78, 5) is 13.7. The predicted octanol–water partition coefficient (Wildman–Crippen LogP) is 1.43. The van der Waals surface area contributed by atoms with Gasteiger partial charge in [0.1, 0.15) is 0 Å². The number of esters is 1. The third kappa shape index (κ3) is 4.82. The molecule has 1 unspecified atom stereocenters. The lowest BCUT2D eigenvalue weighted by atomic mass is 10.3. The average molecular weight is 267 g/mol. The van der Waals surface area contributed by atoms with Gasteiger partial charge in [0, 0.05) is 0 Å². The summed E-state index contributed by atoms with van der Waals surface area (Å²) in [7, 11) is 0. The van der Waals surface area contributed by atoms with Gasteiger partial charge in [-0.1, -0.05) is 25.7 Å². The van der Waals surface area contributed by atoms with Gasteiger partial charge in [-0.15, -0.1) is 0 Å². The Morgan fingerprint density at radius 2 is 2.28 bits per heavy atom. The van der Waals surface area contributed by atoms with E-state index in [0.29, 0.717) is 6.54 Å². The topological polar surface area (TPSA) is 55.3 Å². The molecule has 0 radical (unpaired) electrons. The van der Waals surface area contributed by atoms with Crippen LogP contribution in [0.3, 0.4) is 0 Å². The van der Waals surface area contributed by atoms with Crippen LogP contribution in [-0.2, 0) is 4.74 Å². The molecule has 1 heterocycles. The van der Waals surface area contributed by atoms with Gasteiger partial charge >= 0.3 is 5.97 Å². The van der Waals surface area contributed by atoms with Gasteiger partial charge in [-0.05, 0) is 20.0 Å². The molecule has 18 heavy (non-hydrogen) atoms. The van der Waals surface area contributed by atoms with Crippen molar-refractivity contribution in [2.24, 2.45) is 0 Å². The lowest BCUT2D eigenvalue weighted by molar-refractivity contribution is 0.0432. The maximum atomic E-state index is 11.5. The van der Waals surface area contributed by atoms with Gasteiger partial charge in [-0.3, -0.25) is 4.90 Å². The highest BCUT2D eigenvalue weighted by atomic mass is 32.1. The van der Waals surface area contributed by atoms with Crippen molar-refractivity contribution >= 4 is 17.7 Å². The molecule has 1 rings (SSSR count). The number of rotatable bonds is 5. The van der Waals surface area contributed by atoms with Crippen molar-refractivity contribution < 1.29 is 9.53 Å². The largest absolute Gasteiger partial charge is 0.445 e. The van der Waals surface area contributed by atoms with Gasteiger partial charge in [0.2, 0.25) is 0 Å². The Bertz CT molecular complexity index is 418. The second kappa shape index (κ2) is 7.80. The number of aromatic nitrogens is 2. The molecule has 0 aliphatic heterocycles. The number of ether oxygens (including phenoxy) is 1. The first kappa shape index (κ1) is 14.6. The minimum atomic E-state index is -0.478. The van der Waals surface area contributed by atoms with E-state index in [1.807, 2.05) is 0 Å². The van der Waals surface area contributed by atoms with Crippen LogP contribution in [0, 0.1) is 11.8 Å². The summed E-state index contributed by atoms with van der Waals surface area (Å²) in [5.41, 5.74) is 0.234. The fraction of sp³-hybridized carbons (Fsp3) is 0.583. The van der Waals surface area contributed by atoms with Crippen molar-refractivity contribution in [2.45, 2.75) is 26.9 Å². The van der Waals surface area contributed by atoms with Crippen LogP contribution >= 0.6 is 11.7 Å². The molecule has 0 amide bonds. The Morgan fingerprint density at radius 1 is 1.56 bits per heavy atom. The molecule has 1 atom stereocenters. The molecule has 0 N–H and O–H groups in total. The smallest absolute Gasteiger partial charge is 0.360 e. The number of carbonyl (C=O) groups is 1. The highest BCUT2D eigenvalue weighted by Crippen LogP contribution is 2.01. The Kier molecular flexibility index (Phi) is 6.33. The van der Waals surface area contributed by atoms with E-state index in [4.69, 9.17) is 4.74 Å². The van der Waals surface area contributed by atoms with Gasteiger partial charge in [0.15, 0.2) is 11.8 Å². The summed E-state index contributed by atoms with van der Waals surface area (Å²) in [5.74, 6) is 5.42. The van der Waals surface area contributed by atoms with Gasteiger partial charge < -0.3 is 4.74 Å². The summed E-state index contributed by atoms with van der Waals surface area (Å²) < 4.78 is 12.7. The molecule has 0 aliphatic carbocycles. The second-order valence-corrected chi connectivity index (χ2v) is 4.18. The lowest BCUT2D eigenvalue weighted by Crippen LogP contribution is -2.23. The van der Waals surface area contributed by atoms with Crippen LogP contribution in [0.5, 0.6) is 0 Å². The van der Waals surface area contributed by atoms with E-state index < -0.39 is 12.1 Å². The van der Waals surface area contributed by atoms with E-state index in [2.05, 4.69) is 39.3 Å². The van der Waals surface area contributed by atoms with Crippen LogP contribution in [-0.4, -0.2) is 45.4 Å². The van der Waals surface area contributed by atoms with Crippen LogP contribution in [0.2, 0.25) is 0 Å². The molecule has 0 saturated heterocycles. The zero-order chi connectivity index (χ0) is 13.4. The quantitative estimate of drug-likeness (QED) is 0.596. The summed E-state index contributed by atoms with van der Waals surface area (Å²) in [5, 5.41) is 0. The van der Waals surface area contributed by atoms with Gasteiger partial charge in [0.05, 0.1) is 24.5 Å².